The summed E-state index contributed by atoms with van der Waals surface area (Å²) >= 11 is 0. The first kappa shape index (κ1) is 16.9. The van der Waals surface area contributed by atoms with Crippen LogP contribution in [0.2, 0.25) is 0 Å². The number of hydrogen-bond donors (Lipinski definition) is 1. The zero-order valence-electron chi connectivity index (χ0n) is 13.5. The van der Waals surface area contributed by atoms with Gasteiger partial charge in [-0.05, 0) is 19.1 Å². The van der Waals surface area contributed by atoms with E-state index in [0.29, 0.717) is 19.1 Å². The van der Waals surface area contributed by atoms with Crippen LogP contribution >= 0.6 is 0 Å². The minimum Gasteiger partial charge on any atom is -0.383 e. The summed E-state index contributed by atoms with van der Waals surface area (Å²) in [6.45, 7) is 7.68. The van der Waals surface area contributed by atoms with Gasteiger partial charge < -0.3 is 10.1 Å². The number of methoxy groups -OCH3 is 1. The van der Waals surface area contributed by atoms with E-state index in [2.05, 4.69) is 27.0 Å². The average molecular weight is 306 g/mol. The van der Waals surface area contributed by atoms with Gasteiger partial charge in [-0.1, -0.05) is 6.07 Å². The summed E-state index contributed by atoms with van der Waals surface area (Å²) in [5.41, 5.74) is 0.883. The molecule has 1 aromatic rings. The summed E-state index contributed by atoms with van der Waals surface area (Å²) in [6, 6.07) is 6.16. The molecule has 1 N–H and O–H groups in total. The zero-order valence-corrected chi connectivity index (χ0v) is 13.5. The fourth-order valence-corrected chi connectivity index (χ4v) is 2.71. The van der Waals surface area contributed by atoms with Crippen LogP contribution in [0.5, 0.6) is 0 Å². The molecule has 0 spiro atoms. The first-order valence-corrected chi connectivity index (χ1v) is 7.81. The number of nitrogens with one attached hydrogen (secondary N) is 1. The van der Waals surface area contributed by atoms with Crippen LogP contribution < -0.4 is 5.32 Å². The van der Waals surface area contributed by atoms with Crippen molar-refractivity contribution < 1.29 is 9.53 Å². The van der Waals surface area contributed by atoms with E-state index in [4.69, 9.17) is 4.74 Å². The molecule has 22 heavy (non-hydrogen) atoms. The minimum atomic E-state index is 0.0585. The number of carbonyl (C=O) groups excluding carboxylic acids is 1. The van der Waals surface area contributed by atoms with Gasteiger partial charge in [-0.15, -0.1) is 0 Å². The summed E-state index contributed by atoms with van der Waals surface area (Å²) in [5, 5.41) is 2.93. The minimum absolute atomic E-state index is 0.0585. The Morgan fingerprint density at radius 3 is 3.00 bits per heavy atom. The third-order valence-corrected chi connectivity index (χ3v) is 3.99. The van der Waals surface area contributed by atoms with E-state index < -0.39 is 0 Å². The predicted molar refractivity (Wildman–Crippen MR) is 85.4 cm³/mol. The molecule has 0 aromatic carbocycles. The summed E-state index contributed by atoms with van der Waals surface area (Å²) in [5.74, 6) is 0.0585. The van der Waals surface area contributed by atoms with Gasteiger partial charge in [0.2, 0.25) is 5.91 Å². The van der Waals surface area contributed by atoms with E-state index >= 15 is 0 Å². The molecular weight excluding hydrogens is 280 g/mol. The molecule has 0 radical (unpaired) electrons. The zero-order chi connectivity index (χ0) is 15.8. The summed E-state index contributed by atoms with van der Waals surface area (Å²) in [4.78, 5) is 20.9. The molecule has 1 aliphatic rings. The first-order valence-electron chi connectivity index (χ1n) is 7.81. The molecule has 1 amide bonds. The van der Waals surface area contributed by atoms with Crippen LogP contribution in [-0.4, -0.2) is 73.2 Å². The van der Waals surface area contributed by atoms with E-state index in [1.165, 1.54) is 0 Å². The predicted octanol–water partition coefficient (Wildman–Crippen LogP) is 0.350. The van der Waals surface area contributed by atoms with Crippen LogP contribution in [-0.2, 0) is 16.1 Å². The van der Waals surface area contributed by atoms with Gasteiger partial charge in [0.15, 0.2) is 0 Å². The summed E-state index contributed by atoms with van der Waals surface area (Å²) < 4.78 is 5.13. The lowest BCUT2D eigenvalue weighted by Crippen LogP contribution is -2.54. The highest BCUT2D eigenvalue weighted by atomic mass is 16.5. The monoisotopic (exact) mass is 306 g/mol. The van der Waals surface area contributed by atoms with Crippen molar-refractivity contribution in [2.45, 2.75) is 19.5 Å². The van der Waals surface area contributed by atoms with E-state index in [1.54, 1.807) is 13.3 Å². The van der Waals surface area contributed by atoms with E-state index in [1.807, 2.05) is 18.2 Å². The number of pyridine rings is 1. The Labute approximate surface area is 132 Å². The molecule has 0 bridgehead atoms. The van der Waals surface area contributed by atoms with E-state index in [0.717, 1.165) is 38.5 Å². The first-order chi connectivity index (χ1) is 10.7. The number of piperazine rings is 1. The quantitative estimate of drug-likeness (QED) is 0.788. The standard InChI is InChI=1S/C16H26N4O2/c1-14-12-19(7-8-20(14)9-10-22-2)13-16(21)18-11-15-5-3-4-6-17-15/h3-6,14H,7-13H2,1-2H3,(H,18,21)/t14-/m0/s1. The van der Waals surface area contributed by atoms with Crippen LogP contribution in [0.25, 0.3) is 0 Å². The molecule has 2 heterocycles. The molecule has 1 atom stereocenters. The van der Waals surface area contributed by atoms with E-state index in [9.17, 15) is 4.79 Å². The number of aromatic nitrogens is 1. The van der Waals surface area contributed by atoms with Gasteiger partial charge in [0.1, 0.15) is 0 Å². The lowest BCUT2D eigenvalue weighted by molar-refractivity contribution is -0.123. The topological polar surface area (TPSA) is 57.7 Å². The second-order valence-corrected chi connectivity index (χ2v) is 5.71. The molecule has 122 valence electrons. The molecule has 6 nitrogen and oxygen atoms in total. The van der Waals surface area contributed by atoms with E-state index in [-0.39, 0.29) is 5.91 Å². The molecule has 0 unspecified atom stereocenters. The van der Waals surface area contributed by atoms with Crippen molar-refractivity contribution in [2.24, 2.45) is 0 Å². The van der Waals surface area contributed by atoms with Gasteiger partial charge in [0.05, 0.1) is 25.4 Å². The van der Waals surface area contributed by atoms with Gasteiger partial charge in [-0.3, -0.25) is 19.6 Å². The van der Waals surface area contributed by atoms with Crippen molar-refractivity contribution in [3.05, 3.63) is 30.1 Å². The van der Waals surface area contributed by atoms with Gasteiger partial charge in [-0.2, -0.15) is 0 Å². The van der Waals surface area contributed by atoms with Crippen molar-refractivity contribution in [3.63, 3.8) is 0 Å². The smallest absolute Gasteiger partial charge is 0.234 e. The second-order valence-electron chi connectivity index (χ2n) is 5.71. The lowest BCUT2D eigenvalue weighted by Gasteiger charge is -2.39. The third-order valence-electron chi connectivity index (χ3n) is 3.99. The number of hydrogen-bond acceptors (Lipinski definition) is 5. The van der Waals surface area contributed by atoms with Crippen LogP contribution in [0.4, 0.5) is 0 Å². The van der Waals surface area contributed by atoms with Crippen molar-refractivity contribution in [1.29, 1.82) is 0 Å². The summed E-state index contributed by atoms with van der Waals surface area (Å²) in [6.07, 6.45) is 1.74. The Morgan fingerprint density at radius 1 is 1.45 bits per heavy atom. The molecule has 0 saturated carbocycles. The molecule has 1 fully saturated rings. The van der Waals surface area contributed by atoms with Crippen LogP contribution in [0.3, 0.4) is 0 Å². The maximum absolute atomic E-state index is 12.0. The normalized spacial score (nSPS) is 20.0. The Balaban J connectivity index is 1.69. The fourth-order valence-electron chi connectivity index (χ4n) is 2.71. The van der Waals surface area contributed by atoms with Gasteiger partial charge in [-0.25, -0.2) is 0 Å². The van der Waals surface area contributed by atoms with Crippen LogP contribution in [0, 0.1) is 0 Å². The lowest BCUT2D eigenvalue weighted by atomic mass is 10.2. The SMILES string of the molecule is COCCN1CCN(CC(=O)NCc2ccccn2)C[C@@H]1C. The Kier molecular flexibility index (Phi) is 6.76. The second kappa shape index (κ2) is 8.82. The maximum atomic E-state index is 12.0. The molecule has 1 aliphatic heterocycles. The van der Waals surface area contributed by atoms with Crippen molar-refractivity contribution in [1.82, 2.24) is 20.1 Å². The number of amides is 1. The molecule has 2 rings (SSSR count). The Bertz CT molecular complexity index is 455. The number of ether oxygens (including phenoxy) is 1. The number of rotatable bonds is 7. The van der Waals surface area contributed by atoms with Crippen LogP contribution in [0.1, 0.15) is 12.6 Å². The molecule has 0 aliphatic carbocycles. The molecule has 1 saturated heterocycles. The van der Waals surface area contributed by atoms with Gasteiger partial charge in [0, 0.05) is 45.5 Å². The Morgan fingerprint density at radius 2 is 2.32 bits per heavy atom. The molecule has 1 aromatic heterocycles. The third kappa shape index (κ3) is 5.36. The molecule has 6 heteroatoms. The van der Waals surface area contributed by atoms with Crippen LogP contribution in [0.15, 0.2) is 24.4 Å². The number of nitrogens with zero attached hydrogens (tertiary/aromatic N) is 3. The summed E-state index contributed by atoms with van der Waals surface area (Å²) in [7, 11) is 1.73. The molecular formula is C16H26N4O2. The fraction of sp³-hybridized carbons (Fsp3) is 0.625. The highest BCUT2D eigenvalue weighted by Gasteiger charge is 2.24. The largest absolute Gasteiger partial charge is 0.383 e. The average Bonchev–Trinajstić information content (AvgIpc) is 2.53. The highest BCUT2D eigenvalue weighted by molar-refractivity contribution is 5.77. The van der Waals surface area contributed by atoms with Gasteiger partial charge in [0.25, 0.3) is 0 Å². The van der Waals surface area contributed by atoms with Crippen molar-refractivity contribution in [3.8, 4) is 0 Å². The number of carbonyl (C=O) groups is 1. The van der Waals surface area contributed by atoms with Gasteiger partial charge >= 0.3 is 0 Å². The van der Waals surface area contributed by atoms with Crippen molar-refractivity contribution >= 4 is 5.91 Å². The highest BCUT2D eigenvalue weighted by Crippen LogP contribution is 2.08. The van der Waals surface area contributed by atoms with Crippen molar-refractivity contribution in [2.75, 3.05) is 46.4 Å². The maximum Gasteiger partial charge on any atom is 0.234 e. The Hall–Kier alpha value is -1.50.